The molecule has 1 aromatic rings. The van der Waals surface area contributed by atoms with E-state index in [0.717, 1.165) is 0 Å². The van der Waals surface area contributed by atoms with Crippen LogP contribution < -0.4 is 56.1 Å². The summed E-state index contributed by atoms with van der Waals surface area (Å²) in [5, 5.41) is 8.51. The van der Waals surface area contributed by atoms with Gasteiger partial charge in [-0.05, 0) is 24.3 Å². The van der Waals surface area contributed by atoms with Gasteiger partial charge in [0.1, 0.15) is 5.75 Å². The molecule has 1 N–H and O–H groups in total. The zero-order chi connectivity index (χ0) is 8.27. The third-order valence-electron chi connectivity index (χ3n) is 1.34. The topological polar surface area (TPSA) is 46.5 Å². The molecule has 0 bridgehead atoms. The summed E-state index contributed by atoms with van der Waals surface area (Å²) in [4.78, 5) is 10.4. The van der Waals surface area contributed by atoms with Crippen molar-refractivity contribution in [2.75, 3.05) is 7.11 Å². The maximum atomic E-state index is 10.4. The number of carboxylic acids is 1. The molecule has 1 rings (SSSR count). The van der Waals surface area contributed by atoms with Crippen molar-refractivity contribution in [3.63, 3.8) is 0 Å². The van der Waals surface area contributed by atoms with Crippen LogP contribution in [-0.2, 0) is 0 Å². The van der Waals surface area contributed by atoms with E-state index in [4.69, 9.17) is 9.84 Å². The Bertz CT molecular complexity index is 261. The van der Waals surface area contributed by atoms with Crippen molar-refractivity contribution >= 4 is 5.97 Å². The summed E-state index contributed by atoms with van der Waals surface area (Å²) >= 11 is 0. The number of benzene rings is 1. The molecule has 0 saturated heterocycles. The predicted molar refractivity (Wildman–Crippen MR) is 41.1 cm³/mol. The van der Waals surface area contributed by atoms with Crippen LogP contribution >= 0.6 is 0 Å². The van der Waals surface area contributed by atoms with Crippen LogP contribution in [0.1, 0.15) is 11.8 Å². The molecule has 0 atom stereocenters. The van der Waals surface area contributed by atoms with Gasteiger partial charge in [0.2, 0.25) is 0 Å². The van der Waals surface area contributed by atoms with Crippen molar-refractivity contribution < 1.29 is 67.4 Å². The number of methoxy groups -OCH3 is 1. The second-order valence-corrected chi connectivity index (χ2v) is 2.03. The Morgan fingerprint density at radius 3 is 2.25 bits per heavy atom. The van der Waals surface area contributed by atoms with Gasteiger partial charge in [0.05, 0.1) is 12.7 Å². The van der Waals surface area contributed by atoms with Crippen molar-refractivity contribution in [2.24, 2.45) is 0 Å². The average Bonchev–Trinajstić information content (AvgIpc) is 2.05. The smallest absolute Gasteiger partial charge is 1.00 e. The van der Waals surface area contributed by atoms with Gasteiger partial charge >= 0.3 is 57.4 Å². The van der Waals surface area contributed by atoms with Crippen LogP contribution in [0.3, 0.4) is 0 Å². The van der Waals surface area contributed by atoms with E-state index >= 15 is 0 Å². The molecule has 0 aromatic heterocycles. The van der Waals surface area contributed by atoms with Gasteiger partial charge in [0.25, 0.3) is 0 Å². The van der Waals surface area contributed by atoms with Gasteiger partial charge in [-0.2, -0.15) is 0 Å². The van der Waals surface area contributed by atoms with E-state index in [1.165, 1.54) is 19.2 Å². The van der Waals surface area contributed by atoms with Gasteiger partial charge < -0.3 is 11.3 Å². The molecule has 0 radical (unpaired) electrons. The molecular weight excluding hydrogens is 183 g/mol. The molecule has 0 spiro atoms. The third-order valence-corrected chi connectivity index (χ3v) is 1.34. The molecule has 0 fully saturated rings. The van der Waals surface area contributed by atoms with Gasteiger partial charge in [0, 0.05) is 0 Å². The fourth-order valence-electron chi connectivity index (χ4n) is 0.734. The Kier molecular flexibility index (Phi) is 5.78. The van der Waals surface area contributed by atoms with Crippen molar-refractivity contribution in [1.82, 2.24) is 0 Å². The Balaban J connectivity index is 0. The fraction of sp³-hybridized carbons (Fsp3) is 0.125. The molecular formula is C8H9KO3. The summed E-state index contributed by atoms with van der Waals surface area (Å²) in [6.07, 6.45) is 0. The first-order valence-electron chi connectivity index (χ1n) is 3.11. The number of hydrogen-bond acceptors (Lipinski definition) is 2. The van der Waals surface area contributed by atoms with Crippen LogP contribution in [0.2, 0.25) is 0 Å². The quantitative estimate of drug-likeness (QED) is 0.581. The van der Waals surface area contributed by atoms with Crippen LogP contribution in [0.4, 0.5) is 0 Å². The summed E-state index contributed by atoms with van der Waals surface area (Å²) < 4.78 is 4.86. The zero-order valence-corrected chi connectivity index (χ0v) is 10.2. The molecule has 1 aromatic carbocycles. The summed E-state index contributed by atoms with van der Waals surface area (Å²) in [7, 11) is 1.54. The largest absolute Gasteiger partial charge is 1.00 e. The Labute approximate surface area is 115 Å². The Morgan fingerprint density at radius 1 is 1.42 bits per heavy atom. The Hall–Kier alpha value is 0.126. The van der Waals surface area contributed by atoms with Crippen LogP contribution in [0.15, 0.2) is 24.3 Å². The second kappa shape index (κ2) is 5.72. The van der Waals surface area contributed by atoms with Gasteiger partial charge in [-0.3, -0.25) is 0 Å². The SMILES string of the molecule is COc1ccc(C(=O)O)cc1.[H-].[K+]. The van der Waals surface area contributed by atoms with E-state index in [1.54, 1.807) is 12.1 Å². The monoisotopic (exact) mass is 192 g/mol. The van der Waals surface area contributed by atoms with Gasteiger partial charge in [-0.25, -0.2) is 4.79 Å². The van der Waals surface area contributed by atoms with E-state index in [9.17, 15) is 4.79 Å². The second-order valence-electron chi connectivity index (χ2n) is 2.03. The van der Waals surface area contributed by atoms with Crippen LogP contribution in [0.25, 0.3) is 0 Å². The molecule has 0 aliphatic carbocycles. The van der Waals surface area contributed by atoms with Crippen LogP contribution in [0.5, 0.6) is 5.75 Å². The van der Waals surface area contributed by atoms with E-state index in [-0.39, 0.29) is 58.4 Å². The number of ether oxygens (including phenoxy) is 1. The summed E-state index contributed by atoms with van der Waals surface area (Å²) in [6, 6.07) is 6.23. The number of carbonyl (C=O) groups is 1. The maximum Gasteiger partial charge on any atom is 1.00 e. The van der Waals surface area contributed by atoms with E-state index in [0.29, 0.717) is 5.75 Å². The minimum Gasteiger partial charge on any atom is -1.00 e. The minimum absolute atomic E-state index is 0. The predicted octanol–water partition coefficient (Wildman–Crippen LogP) is -1.49. The fourth-order valence-corrected chi connectivity index (χ4v) is 0.734. The molecule has 0 aliphatic heterocycles. The molecule has 0 amide bonds. The normalized spacial score (nSPS) is 8.42. The Morgan fingerprint density at radius 2 is 1.92 bits per heavy atom. The first-order chi connectivity index (χ1) is 5.24. The standard InChI is InChI=1S/C8H8O3.K.H/c1-11-7-4-2-6(3-5-7)8(9)10;;/h2-5H,1H3,(H,9,10);;/q;+1;-1. The van der Waals surface area contributed by atoms with E-state index < -0.39 is 5.97 Å². The summed E-state index contributed by atoms with van der Waals surface area (Å²) in [6.45, 7) is 0. The summed E-state index contributed by atoms with van der Waals surface area (Å²) in [5.41, 5.74) is 0.269. The summed E-state index contributed by atoms with van der Waals surface area (Å²) in [5.74, 6) is -0.261. The molecule has 0 unspecified atom stereocenters. The van der Waals surface area contributed by atoms with Crippen LogP contribution in [-0.4, -0.2) is 18.2 Å². The number of carboxylic acid groups (broad SMARTS) is 1. The maximum absolute atomic E-state index is 10.4. The first-order valence-corrected chi connectivity index (χ1v) is 3.11. The molecule has 0 aliphatic rings. The average molecular weight is 192 g/mol. The third kappa shape index (κ3) is 3.24. The molecule has 3 nitrogen and oxygen atoms in total. The van der Waals surface area contributed by atoms with Gasteiger partial charge in [-0.15, -0.1) is 0 Å². The van der Waals surface area contributed by atoms with Crippen molar-refractivity contribution in [3.05, 3.63) is 29.8 Å². The van der Waals surface area contributed by atoms with Crippen molar-refractivity contribution in [1.29, 1.82) is 0 Å². The van der Waals surface area contributed by atoms with Crippen molar-refractivity contribution in [2.45, 2.75) is 0 Å². The van der Waals surface area contributed by atoms with E-state index in [2.05, 4.69) is 0 Å². The van der Waals surface area contributed by atoms with Crippen LogP contribution in [0, 0.1) is 0 Å². The molecule has 4 heteroatoms. The first kappa shape index (κ1) is 12.1. The zero-order valence-electron chi connectivity index (χ0n) is 8.07. The molecule has 12 heavy (non-hydrogen) atoms. The number of rotatable bonds is 2. The minimum atomic E-state index is -0.923. The van der Waals surface area contributed by atoms with E-state index in [1.807, 2.05) is 0 Å². The number of aromatic carboxylic acids is 1. The molecule has 60 valence electrons. The van der Waals surface area contributed by atoms with Gasteiger partial charge in [0.15, 0.2) is 0 Å². The number of hydrogen-bond donors (Lipinski definition) is 1. The van der Waals surface area contributed by atoms with Crippen molar-refractivity contribution in [3.8, 4) is 5.75 Å². The molecule has 0 saturated carbocycles. The molecule has 0 heterocycles. The van der Waals surface area contributed by atoms with Gasteiger partial charge in [-0.1, -0.05) is 0 Å².